The molecular formula is C26H39FN2O7. The summed E-state index contributed by atoms with van der Waals surface area (Å²) in [5.74, 6) is -2.24. The van der Waals surface area contributed by atoms with Crippen LogP contribution in [0, 0.1) is 0 Å². The molecule has 1 heterocycles. The minimum absolute atomic E-state index is 0.0410. The molecule has 10 heteroatoms. The summed E-state index contributed by atoms with van der Waals surface area (Å²) in [5.41, 5.74) is -0.731. The summed E-state index contributed by atoms with van der Waals surface area (Å²) in [6, 6.07) is 6.17. The Balaban J connectivity index is 2.13. The normalized spacial score (nSPS) is 16.1. The minimum atomic E-state index is -1.60. The van der Waals surface area contributed by atoms with Gasteiger partial charge in [0.1, 0.15) is 17.3 Å². The first-order chi connectivity index (χ1) is 16.7. The van der Waals surface area contributed by atoms with Crippen molar-refractivity contribution in [2.24, 2.45) is 0 Å². The Kier molecular flexibility index (Phi) is 10.1. The van der Waals surface area contributed by atoms with Crippen molar-refractivity contribution in [2.75, 3.05) is 38.3 Å². The zero-order chi connectivity index (χ0) is 27.1. The van der Waals surface area contributed by atoms with Crippen LogP contribution in [-0.2, 0) is 30.2 Å². The van der Waals surface area contributed by atoms with Crippen molar-refractivity contribution >= 4 is 23.7 Å². The van der Waals surface area contributed by atoms with Gasteiger partial charge in [0.2, 0.25) is 6.10 Å². The number of carboxylic acids is 1. The molecule has 1 N–H and O–H groups in total. The average Bonchev–Trinajstić information content (AvgIpc) is 2.77. The van der Waals surface area contributed by atoms with Gasteiger partial charge in [0.05, 0.1) is 13.2 Å². The second kappa shape index (κ2) is 12.4. The van der Waals surface area contributed by atoms with E-state index in [1.807, 2.05) is 12.1 Å². The Bertz CT molecular complexity index is 887. The van der Waals surface area contributed by atoms with Gasteiger partial charge in [0, 0.05) is 32.2 Å². The highest BCUT2D eigenvalue weighted by Gasteiger charge is 2.35. The molecule has 0 saturated carbocycles. The van der Waals surface area contributed by atoms with Crippen LogP contribution in [0.2, 0.25) is 0 Å². The molecule has 1 aliphatic heterocycles. The number of esters is 1. The fourth-order valence-electron chi connectivity index (χ4n) is 3.69. The quantitative estimate of drug-likeness (QED) is 0.474. The lowest BCUT2D eigenvalue weighted by atomic mass is 10.00. The van der Waals surface area contributed by atoms with Crippen LogP contribution in [-0.4, -0.2) is 84.8 Å². The Morgan fingerprint density at radius 1 is 1.11 bits per heavy atom. The summed E-state index contributed by atoms with van der Waals surface area (Å²) in [6.07, 6.45) is -2.41. The highest BCUT2D eigenvalue weighted by molar-refractivity contribution is 5.84. The number of ether oxygens (including phenoxy) is 3. The number of rotatable bonds is 10. The van der Waals surface area contributed by atoms with Crippen molar-refractivity contribution in [3.05, 3.63) is 29.8 Å². The van der Waals surface area contributed by atoms with Crippen LogP contribution in [0.3, 0.4) is 0 Å². The molecule has 1 fully saturated rings. The predicted molar refractivity (Wildman–Crippen MR) is 133 cm³/mol. The zero-order valence-corrected chi connectivity index (χ0v) is 22.1. The van der Waals surface area contributed by atoms with Crippen molar-refractivity contribution in [1.82, 2.24) is 4.90 Å². The maximum absolute atomic E-state index is 14.2. The summed E-state index contributed by atoms with van der Waals surface area (Å²) >= 11 is 0. The fraction of sp³-hybridized carbons (Fsp3) is 0.654. The van der Waals surface area contributed by atoms with Crippen molar-refractivity contribution in [2.45, 2.75) is 77.3 Å². The molecule has 1 amide bonds. The number of hydrogen-bond donors (Lipinski definition) is 1. The maximum atomic E-state index is 14.2. The van der Waals surface area contributed by atoms with Crippen LogP contribution in [0.25, 0.3) is 0 Å². The first-order valence-corrected chi connectivity index (χ1v) is 12.2. The third-order valence-corrected chi connectivity index (χ3v) is 5.70. The number of carboxylic acid groups (broad SMARTS) is 1. The first kappa shape index (κ1) is 29.4. The summed E-state index contributed by atoms with van der Waals surface area (Å²) in [6.45, 7) is 10.6. The van der Waals surface area contributed by atoms with Gasteiger partial charge in [-0.15, -0.1) is 0 Å². The van der Waals surface area contributed by atoms with E-state index in [-0.39, 0.29) is 19.3 Å². The van der Waals surface area contributed by atoms with Gasteiger partial charge in [-0.2, -0.15) is 0 Å². The summed E-state index contributed by atoms with van der Waals surface area (Å²) < 4.78 is 30.2. The van der Waals surface area contributed by atoms with Gasteiger partial charge in [0.15, 0.2) is 0 Å². The number of carbonyl (C=O) groups is 3. The Hall–Kier alpha value is -2.88. The molecular weight excluding hydrogens is 471 g/mol. The molecule has 1 saturated heterocycles. The Morgan fingerprint density at radius 2 is 1.69 bits per heavy atom. The van der Waals surface area contributed by atoms with Crippen LogP contribution < -0.4 is 4.90 Å². The summed E-state index contributed by atoms with van der Waals surface area (Å²) in [5, 5.41) is 9.72. The van der Waals surface area contributed by atoms with E-state index in [2.05, 4.69) is 4.90 Å². The zero-order valence-electron chi connectivity index (χ0n) is 22.1. The van der Waals surface area contributed by atoms with Crippen molar-refractivity contribution in [1.29, 1.82) is 0 Å². The van der Waals surface area contributed by atoms with Gasteiger partial charge < -0.3 is 24.2 Å². The second-order valence-corrected chi connectivity index (χ2v) is 10.6. The first-order valence-electron chi connectivity index (χ1n) is 12.2. The molecule has 0 unspecified atom stereocenters. The molecule has 2 atom stereocenters. The van der Waals surface area contributed by atoms with E-state index in [4.69, 9.17) is 14.2 Å². The summed E-state index contributed by atoms with van der Waals surface area (Å²) in [4.78, 5) is 40.8. The monoisotopic (exact) mass is 510 g/mol. The molecule has 0 spiro atoms. The standard InChI is InChI=1S/C26H39FN2O7/c1-25(2,3)36-24(33)28(6)20(11-12-26(4,5)27)23(32)35-21(22(30)31)17-18-7-9-19(10-8-18)29-13-15-34-16-14-29/h7-10,20-21H,11-17H2,1-6H3,(H,30,31)/t20-,21+/m0/s1. The van der Waals surface area contributed by atoms with Crippen molar-refractivity contribution in [3.8, 4) is 0 Å². The number of halogens is 1. The van der Waals surface area contributed by atoms with Gasteiger partial charge in [-0.25, -0.2) is 18.8 Å². The van der Waals surface area contributed by atoms with E-state index in [1.54, 1.807) is 32.9 Å². The number of benzene rings is 1. The lowest BCUT2D eigenvalue weighted by molar-refractivity contribution is -0.167. The molecule has 0 aliphatic carbocycles. The number of amides is 1. The van der Waals surface area contributed by atoms with E-state index in [1.165, 1.54) is 20.9 Å². The molecule has 0 radical (unpaired) electrons. The van der Waals surface area contributed by atoms with Crippen LogP contribution in [0.15, 0.2) is 24.3 Å². The number of hydrogen-bond acceptors (Lipinski definition) is 7. The second-order valence-electron chi connectivity index (χ2n) is 10.6. The smallest absolute Gasteiger partial charge is 0.410 e. The highest BCUT2D eigenvalue weighted by Crippen LogP contribution is 2.23. The predicted octanol–water partition coefficient (Wildman–Crippen LogP) is 3.83. The number of alkyl halides is 1. The van der Waals surface area contributed by atoms with Crippen molar-refractivity contribution < 1.29 is 38.1 Å². The number of anilines is 1. The van der Waals surface area contributed by atoms with Crippen LogP contribution in [0.1, 0.15) is 53.0 Å². The van der Waals surface area contributed by atoms with Crippen LogP contribution in [0.5, 0.6) is 0 Å². The van der Waals surface area contributed by atoms with E-state index >= 15 is 0 Å². The van der Waals surface area contributed by atoms with E-state index in [0.29, 0.717) is 18.8 Å². The van der Waals surface area contributed by atoms with Gasteiger partial charge in [-0.1, -0.05) is 12.1 Å². The lowest BCUT2D eigenvalue weighted by Crippen LogP contribution is -2.47. The van der Waals surface area contributed by atoms with Crippen LogP contribution >= 0.6 is 0 Å². The van der Waals surface area contributed by atoms with Gasteiger partial charge in [-0.3, -0.25) is 4.90 Å². The van der Waals surface area contributed by atoms with Crippen LogP contribution in [0.4, 0.5) is 14.9 Å². The molecule has 2 rings (SSSR count). The third kappa shape index (κ3) is 9.64. The largest absolute Gasteiger partial charge is 0.478 e. The summed E-state index contributed by atoms with van der Waals surface area (Å²) in [7, 11) is 1.35. The lowest BCUT2D eigenvalue weighted by Gasteiger charge is -2.31. The van der Waals surface area contributed by atoms with E-state index in [0.717, 1.165) is 23.7 Å². The third-order valence-electron chi connectivity index (χ3n) is 5.70. The fourth-order valence-corrected chi connectivity index (χ4v) is 3.69. The van der Waals surface area contributed by atoms with Gasteiger partial charge in [0.25, 0.3) is 0 Å². The topological polar surface area (TPSA) is 106 Å². The molecule has 9 nitrogen and oxygen atoms in total. The SMILES string of the molecule is CN(C(=O)OC(C)(C)C)[C@@H](CCC(C)(C)F)C(=O)O[C@H](Cc1ccc(N2CCOCC2)cc1)C(=O)O. The minimum Gasteiger partial charge on any atom is -0.478 e. The Morgan fingerprint density at radius 3 is 2.19 bits per heavy atom. The van der Waals surface area contributed by atoms with E-state index < -0.39 is 41.4 Å². The molecule has 0 bridgehead atoms. The maximum Gasteiger partial charge on any atom is 0.410 e. The van der Waals surface area contributed by atoms with Crippen molar-refractivity contribution in [3.63, 3.8) is 0 Å². The average molecular weight is 511 g/mol. The molecule has 202 valence electrons. The van der Waals surface area contributed by atoms with Gasteiger partial charge >= 0.3 is 18.0 Å². The number of aliphatic carboxylic acids is 1. The molecule has 1 aromatic carbocycles. The number of likely N-dealkylation sites (N-methyl/N-ethyl adjacent to an activating group) is 1. The molecule has 1 aliphatic rings. The van der Waals surface area contributed by atoms with E-state index in [9.17, 15) is 23.9 Å². The Labute approximate surface area is 212 Å². The molecule has 1 aromatic rings. The van der Waals surface area contributed by atoms with Gasteiger partial charge in [-0.05, 0) is 65.2 Å². The number of carbonyl (C=O) groups excluding carboxylic acids is 2. The number of morpholine rings is 1. The molecule has 0 aromatic heterocycles. The molecule has 36 heavy (non-hydrogen) atoms. The number of nitrogens with zero attached hydrogens (tertiary/aromatic N) is 2. The highest BCUT2D eigenvalue weighted by atomic mass is 19.1.